The van der Waals surface area contributed by atoms with Crippen LogP contribution in [0.25, 0.3) is 0 Å². The lowest BCUT2D eigenvalue weighted by Gasteiger charge is -2.30. The third kappa shape index (κ3) is 5.46. The summed E-state index contributed by atoms with van der Waals surface area (Å²) < 4.78 is 0. The fourth-order valence-electron chi connectivity index (χ4n) is 2.23. The van der Waals surface area contributed by atoms with Gasteiger partial charge in [-0.05, 0) is 25.2 Å². The quantitative estimate of drug-likeness (QED) is 0.693. The second-order valence-corrected chi connectivity index (χ2v) is 5.57. The molecule has 0 radical (unpaired) electrons. The number of carbonyl (C=O) groups excluding carboxylic acids is 1. The molecule has 0 spiro atoms. The highest BCUT2D eigenvalue weighted by molar-refractivity contribution is 5.76. The number of urea groups is 1. The molecule has 1 fully saturated rings. The SMILES string of the molecule is CC(C)CC(CNC(=O)N1CCC(O)CC1)C(=O)O. The maximum Gasteiger partial charge on any atom is 0.317 e. The molecule has 1 aliphatic heterocycles. The molecule has 1 aliphatic rings. The van der Waals surface area contributed by atoms with E-state index in [2.05, 4.69) is 5.32 Å². The van der Waals surface area contributed by atoms with E-state index >= 15 is 0 Å². The third-order valence-electron chi connectivity index (χ3n) is 3.36. The predicted octanol–water partition coefficient (Wildman–Crippen LogP) is 0.900. The number of aliphatic hydroxyl groups excluding tert-OH is 1. The van der Waals surface area contributed by atoms with Crippen molar-refractivity contribution >= 4 is 12.0 Å². The normalized spacial score (nSPS) is 18.4. The average Bonchev–Trinajstić information content (AvgIpc) is 2.34. The van der Waals surface area contributed by atoms with Crippen LogP contribution in [0.3, 0.4) is 0 Å². The Labute approximate surface area is 113 Å². The highest BCUT2D eigenvalue weighted by Crippen LogP contribution is 2.12. The lowest BCUT2D eigenvalue weighted by atomic mass is 9.97. The van der Waals surface area contributed by atoms with Crippen LogP contribution in [0, 0.1) is 11.8 Å². The summed E-state index contributed by atoms with van der Waals surface area (Å²) in [5.74, 6) is -1.13. The number of aliphatic carboxylic acids is 1. The molecule has 110 valence electrons. The summed E-state index contributed by atoms with van der Waals surface area (Å²) in [4.78, 5) is 24.6. The number of carboxylic acids is 1. The number of carboxylic acid groups (broad SMARTS) is 1. The van der Waals surface area contributed by atoms with Gasteiger partial charge in [0.15, 0.2) is 0 Å². The van der Waals surface area contributed by atoms with Gasteiger partial charge >= 0.3 is 12.0 Å². The van der Waals surface area contributed by atoms with Gasteiger partial charge in [-0.1, -0.05) is 13.8 Å². The van der Waals surface area contributed by atoms with Crippen molar-refractivity contribution in [3.8, 4) is 0 Å². The van der Waals surface area contributed by atoms with Crippen molar-refractivity contribution in [2.75, 3.05) is 19.6 Å². The van der Waals surface area contributed by atoms with E-state index in [0.29, 0.717) is 32.4 Å². The van der Waals surface area contributed by atoms with E-state index in [-0.39, 0.29) is 24.6 Å². The number of nitrogens with one attached hydrogen (secondary N) is 1. The minimum absolute atomic E-state index is 0.158. The van der Waals surface area contributed by atoms with Gasteiger partial charge in [0.2, 0.25) is 0 Å². The van der Waals surface area contributed by atoms with Gasteiger partial charge in [-0.25, -0.2) is 4.79 Å². The molecule has 1 unspecified atom stereocenters. The molecule has 1 atom stereocenters. The topological polar surface area (TPSA) is 89.9 Å². The van der Waals surface area contributed by atoms with Crippen LogP contribution in [0.4, 0.5) is 4.79 Å². The summed E-state index contributed by atoms with van der Waals surface area (Å²) in [7, 11) is 0. The first-order valence-electron chi connectivity index (χ1n) is 6.83. The van der Waals surface area contributed by atoms with E-state index in [0.717, 1.165) is 0 Å². The van der Waals surface area contributed by atoms with E-state index in [1.807, 2.05) is 13.8 Å². The smallest absolute Gasteiger partial charge is 0.317 e. The van der Waals surface area contributed by atoms with Crippen LogP contribution in [0.15, 0.2) is 0 Å². The minimum Gasteiger partial charge on any atom is -0.481 e. The van der Waals surface area contributed by atoms with E-state index in [9.17, 15) is 14.7 Å². The molecule has 6 nitrogen and oxygen atoms in total. The zero-order chi connectivity index (χ0) is 14.4. The Bertz CT molecular complexity index is 312. The molecule has 1 saturated heterocycles. The molecule has 1 rings (SSSR count). The van der Waals surface area contributed by atoms with Crippen molar-refractivity contribution in [2.24, 2.45) is 11.8 Å². The van der Waals surface area contributed by atoms with E-state index in [1.54, 1.807) is 4.90 Å². The largest absolute Gasteiger partial charge is 0.481 e. The zero-order valence-electron chi connectivity index (χ0n) is 11.6. The summed E-state index contributed by atoms with van der Waals surface area (Å²) in [6.07, 6.45) is 1.40. The van der Waals surface area contributed by atoms with Gasteiger partial charge in [-0.3, -0.25) is 4.79 Å². The molecular formula is C13H24N2O4. The van der Waals surface area contributed by atoms with Crippen molar-refractivity contribution < 1.29 is 19.8 Å². The first-order valence-corrected chi connectivity index (χ1v) is 6.83. The van der Waals surface area contributed by atoms with Crippen LogP contribution in [-0.4, -0.2) is 52.9 Å². The van der Waals surface area contributed by atoms with Crippen molar-refractivity contribution in [1.82, 2.24) is 10.2 Å². The van der Waals surface area contributed by atoms with E-state index < -0.39 is 11.9 Å². The number of hydrogen-bond acceptors (Lipinski definition) is 3. The van der Waals surface area contributed by atoms with Crippen LogP contribution in [-0.2, 0) is 4.79 Å². The first-order chi connectivity index (χ1) is 8.90. The standard InChI is InChI=1S/C13H24N2O4/c1-9(2)7-10(12(17)18)8-14-13(19)15-5-3-11(16)4-6-15/h9-11,16H,3-8H2,1-2H3,(H,14,19)(H,17,18). The first kappa shape index (κ1) is 15.8. The lowest BCUT2D eigenvalue weighted by Crippen LogP contribution is -2.47. The van der Waals surface area contributed by atoms with Gasteiger partial charge < -0.3 is 20.4 Å². The van der Waals surface area contributed by atoms with Gasteiger partial charge in [0, 0.05) is 19.6 Å². The zero-order valence-corrected chi connectivity index (χ0v) is 11.6. The third-order valence-corrected chi connectivity index (χ3v) is 3.36. The summed E-state index contributed by atoms with van der Waals surface area (Å²) in [6, 6.07) is -0.234. The minimum atomic E-state index is -0.872. The Morgan fingerprint density at radius 2 is 1.89 bits per heavy atom. The number of hydrogen-bond donors (Lipinski definition) is 3. The summed E-state index contributed by atoms with van der Waals surface area (Å²) in [5.41, 5.74) is 0. The maximum atomic E-state index is 11.9. The van der Waals surface area contributed by atoms with E-state index in [4.69, 9.17) is 5.11 Å². The van der Waals surface area contributed by atoms with Gasteiger partial charge in [0.05, 0.1) is 12.0 Å². The Morgan fingerprint density at radius 1 is 1.32 bits per heavy atom. The number of amides is 2. The maximum absolute atomic E-state index is 11.9. The summed E-state index contributed by atoms with van der Waals surface area (Å²) in [6.45, 7) is 5.13. The molecule has 0 saturated carbocycles. The monoisotopic (exact) mass is 272 g/mol. The molecule has 0 aromatic heterocycles. The molecule has 0 aromatic carbocycles. The van der Waals surface area contributed by atoms with Crippen molar-refractivity contribution in [2.45, 2.75) is 39.2 Å². The fourth-order valence-corrected chi connectivity index (χ4v) is 2.23. The van der Waals surface area contributed by atoms with Gasteiger partial charge in [0.1, 0.15) is 0 Å². The number of nitrogens with zero attached hydrogens (tertiary/aromatic N) is 1. The second kappa shape index (κ2) is 7.33. The average molecular weight is 272 g/mol. The van der Waals surface area contributed by atoms with Gasteiger partial charge in [-0.2, -0.15) is 0 Å². The number of aliphatic hydroxyl groups is 1. The van der Waals surface area contributed by atoms with Gasteiger partial charge in [-0.15, -0.1) is 0 Å². The van der Waals surface area contributed by atoms with Crippen molar-refractivity contribution in [1.29, 1.82) is 0 Å². The summed E-state index contributed by atoms with van der Waals surface area (Å²) in [5, 5.41) is 21.1. The van der Waals surface area contributed by atoms with Crippen LogP contribution < -0.4 is 5.32 Å². The molecule has 6 heteroatoms. The Hall–Kier alpha value is -1.30. The number of piperidine rings is 1. The predicted molar refractivity (Wildman–Crippen MR) is 70.8 cm³/mol. The van der Waals surface area contributed by atoms with E-state index in [1.165, 1.54) is 0 Å². The van der Waals surface area contributed by atoms with Crippen LogP contribution in [0.2, 0.25) is 0 Å². The molecule has 0 aromatic rings. The number of likely N-dealkylation sites (tertiary alicyclic amines) is 1. The highest BCUT2D eigenvalue weighted by Gasteiger charge is 2.24. The Morgan fingerprint density at radius 3 is 2.37 bits per heavy atom. The second-order valence-electron chi connectivity index (χ2n) is 5.57. The number of rotatable bonds is 5. The molecular weight excluding hydrogens is 248 g/mol. The summed E-state index contributed by atoms with van der Waals surface area (Å²) >= 11 is 0. The Kier molecular flexibility index (Phi) is 6.08. The highest BCUT2D eigenvalue weighted by atomic mass is 16.4. The molecule has 3 N–H and O–H groups in total. The van der Waals surface area contributed by atoms with Crippen molar-refractivity contribution in [3.05, 3.63) is 0 Å². The van der Waals surface area contributed by atoms with Crippen LogP contribution in [0.5, 0.6) is 0 Å². The fraction of sp³-hybridized carbons (Fsp3) is 0.846. The molecule has 0 aliphatic carbocycles. The molecule has 19 heavy (non-hydrogen) atoms. The van der Waals surface area contributed by atoms with Gasteiger partial charge in [0.25, 0.3) is 0 Å². The molecule has 2 amide bonds. The van der Waals surface area contributed by atoms with Crippen LogP contribution >= 0.6 is 0 Å². The molecule has 0 bridgehead atoms. The van der Waals surface area contributed by atoms with Crippen LogP contribution in [0.1, 0.15) is 33.1 Å². The molecule has 1 heterocycles. The lowest BCUT2D eigenvalue weighted by molar-refractivity contribution is -0.142. The Balaban J connectivity index is 2.37. The van der Waals surface area contributed by atoms with Crippen molar-refractivity contribution in [3.63, 3.8) is 0 Å². The number of carbonyl (C=O) groups is 2.